The van der Waals surface area contributed by atoms with E-state index in [0.29, 0.717) is 41.0 Å². The third-order valence-corrected chi connectivity index (χ3v) is 8.64. The Balaban J connectivity index is 1.28. The van der Waals surface area contributed by atoms with Crippen LogP contribution in [0, 0.1) is 5.92 Å². The summed E-state index contributed by atoms with van der Waals surface area (Å²) in [6.45, 7) is 7.01. The summed E-state index contributed by atoms with van der Waals surface area (Å²) in [6.07, 6.45) is 7.66. The van der Waals surface area contributed by atoms with Crippen LogP contribution in [-0.4, -0.2) is 48.7 Å². The number of amides is 1. The van der Waals surface area contributed by atoms with Crippen molar-refractivity contribution in [2.45, 2.75) is 70.4 Å². The van der Waals surface area contributed by atoms with E-state index in [9.17, 15) is 9.59 Å². The topological polar surface area (TPSA) is 81.0 Å². The molecule has 2 fully saturated rings. The normalized spacial score (nSPS) is 22.4. The molecule has 4 heterocycles. The number of aryl methyl sites for hydroxylation is 1. The summed E-state index contributed by atoms with van der Waals surface area (Å²) in [7, 11) is 0. The maximum Gasteiger partial charge on any atom is 0.336 e. The van der Waals surface area contributed by atoms with Gasteiger partial charge in [0.15, 0.2) is 6.61 Å². The lowest BCUT2D eigenvalue weighted by molar-refractivity contribution is -0.123. The molecular weight excluding hydrogens is 492 g/mol. The number of piperidine rings is 2. The number of nitrogens with one attached hydrogen (secondary N) is 1. The van der Waals surface area contributed by atoms with Crippen molar-refractivity contribution >= 4 is 16.9 Å². The van der Waals surface area contributed by atoms with Gasteiger partial charge in [-0.25, -0.2) is 4.79 Å². The van der Waals surface area contributed by atoms with E-state index in [4.69, 9.17) is 13.9 Å². The maximum absolute atomic E-state index is 13.0. The maximum atomic E-state index is 13.0. The van der Waals surface area contributed by atoms with Crippen molar-refractivity contribution in [3.63, 3.8) is 0 Å². The summed E-state index contributed by atoms with van der Waals surface area (Å²) in [6, 6.07) is 13.7. The molecule has 39 heavy (non-hydrogen) atoms. The molecule has 3 aromatic rings. The molecule has 0 radical (unpaired) electrons. The highest BCUT2D eigenvalue weighted by atomic mass is 16.5. The summed E-state index contributed by atoms with van der Waals surface area (Å²) < 4.78 is 18.3. The van der Waals surface area contributed by atoms with E-state index >= 15 is 0 Å². The van der Waals surface area contributed by atoms with Crippen LogP contribution in [-0.2, 0) is 11.2 Å². The molecule has 1 amide bonds. The molecule has 2 atom stereocenters. The second-order valence-corrected chi connectivity index (χ2v) is 11.9. The summed E-state index contributed by atoms with van der Waals surface area (Å²) in [5, 5.41) is 3.83. The Morgan fingerprint density at radius 3 is 2.77 bits per heavy atom. The van der Waals surface area contributed by atoms with Crippen LogP contribution in [0.4, 0.5) is 0 Å². The largest absolute Gasteiger partial charge is 0.487 e. The fourth-order valence-electron chi connectivity index (χ4n) is 6.66. The Labute approximate surface area is 229 Å². The highest BCUT2D eigenvalue weighted by Gasteiger charge is 2.33. The molecule has 7 heteroatoms. The number of carbonyl (C=O) groups is 1. The van der Waals surface area contributed by atoms with Crippen LogP contribution in [0.15, 0.2) is 51.7 Å². The number of fused-ring (bicyclic) bond motifs is 4. The molecule has 0 saturated carbocycles. The van der Waals surface area contributed by atoms with Crippen molar-refractivity contribution in [3.8, 4) is 22.6 Å². The third kappa shape index (κ3) is 5.42. The zero-order valence-corrected chi connectivity index (χ0v) is 23.0. The number of hydrogen-bond acceptors (Lipinski definition) is 6. The van der Waals surface area contributed by atoms with Crippen molar-refractivity contribution < 1.29 is 18.7 Å². The van der Waals surface area contributed by atoms with E-state index in [2.05, 4.69) is 10.2 Å². The van der Waals surface area contributed by atoms with Gasteiger partial charge >= 0.3 is 5.63 Å². The van der Waals surface area contributed by atoms with Gasteiger partial charge in [-0.3, -0.25) is 4.79 Å². The zero-order chi connectivity index (χ0) is 27.0. The molecule has 7 nitrogen and oxygen atoms in total. The third-order valence-electron chi connectivity index (χ3n) is 8.64. The Morgan fingerprint density at radius 1 is 1.10 bits per heavy atom. The number of rotatable bonds is 6. The molecule has 0 bridgehead atoms. The number of nitrogens with zero attached hydrogens (tertiary/aromatic N) is 1. The number of benzene rings is 2. The van der Waals surface area contributed by atoms with Gasteiger partial charge in [-0.2, -0.15) is 0 Å². The van der Waals surface area contributed by atoms with Crippen LogP contribution in [0.25, 0.3) is 22.1 Å². The van der Waals surface area contributed by atoms with Crippen LogP contribution in [0.2, 0.25) is 0 Å². The van der Waals surface area contributed by atoms with Gasteiger partial charge in [0.05, 0.1) is 5.39 Å². The Hall–Kier alpha value is -3.32. The van der Waals surface area contributed by atoms with Gasteiger partial charge in [-0.15, -0.1) is 0 Å². The second kappa shape index (κ2) is 10.7. The lowest BCUT2D eigenvalue weighted by Crippen LogP contribution is -2.51. The van der Waals surface area contributed by atoms with Crippen molar-refractivity contribution in [3.05, 3.63) is 58.4 Å². The second-order valence-electron chi connectivity index (χ2n) is 11.9. The van der Waals surface area contributed by atoms with Crippen LogP contribution in [0.5, 0.6) is 11.5 Å². The molecule has 3 aliphatic heterocycles. The minimum absolute atomic E-state index is 0.119. The molecule has 2 unspecified atom stereocenters. The van der Waals surface area contributed by atoms with Crippen LogP contribution < -0.4 is 20.4 Å². The molecule has 3 aliphatic rings. The molecule has 0 aliphatic carbocycles. The zero-order valence-electron chi connectivity index (χ0n) is 23.0. The summed E-state index contributed by atoms with van der Waals surface area (Å²) in [5.41, 5.74) is 2.18. The molecule has 2 aromatic carbocycles. The van der Waals surface area contributed by atoms with Gasteiger partial charge in [-0.05, 0) is 76.9 Å². The average molecular weight is 531 g/mol. The number of carbonyl (C=O) groups excluding carboxylic acids is 1. The van der Waals surface area contributed by atoms with E-state index in [-0.39, 0.29) is 18.1 Å². The van der Waals surface area contributed by atoms with Crippen molar-refractivity contribution in [1.82, 2.24) is 10.2 Å². The minimum atomic E-state index is -0.424. The molecule has 1 aromatic heterocycles. The fourth-order valence-corrected chi connectivity index (χ4v) is 6.66. The van der Waals surface area contributed by atoms with E-state index in [1.54, 1.807) is 0 Å². The molecule has 206 valence electrons. The van der Waals surface area contributed by atoms with Gasteiger partial charge in [0.1, 0.15) is 22.7 Å². The standard InChI is InChI=1S/C32H38N2O5/c1-32(2)14-13-23-26(39-32)18-27(30-24(17-29(36)38-31(23)30)21-9-4-3-5-10-21)37-20-28(35)33-19-22-11-8-16-34-15-7-6-12-25(22)34/h3-5,9-10,17-18,22,25H,6-8,11-16,19-20H2,1-2H3,(H,33,35). The first kappa shape index (κ1) is 25.9. The first-order valence-electron chi connectivity index (χ1n) is 14.4. The highest BCUT2D eigenvalue weighted by Crippen LogP contribution is 2.44. The predicted octanol–water partition coefficient (Wildman–Crippen LogP) is 5.32. The van der Waals surface area contributed by atoms with Crippen molar-refractivity contribution in [1.29, 1.82) is 0 Å². The highest BCUT2D eigenvalue weighted by molar-refractivity contribution is 6.00. The monoisotopic (exact) mass is 530 g/mol. The average Bonchev–Trinajstić information content (AvgIpc) is 2.94. The molecular formula is C32H38N2O5. The fraction of sp³-hybridized carbons (Fsp3) is 0.500. The number of hydrogen-bond donors (Lipinski definition) is 1. The van der Waals surface area contributed by atoms with E-state index in [0.717, 1.165) is 36.0 Å². The van der Waals surface area contributed by atoms with Gasteiger partial charge < -0.3 is 24.1 Å². The Morgan fingerprint density at radius 2 is 1.92 bits per heavy atom. The summed E-state index contributed by atoms with van der Waals surface area (Å²) in [5.74, 6) is 1.47. The smallest absolute Gasteiger partial charge is 0.336 e. The van der Waals surface area contributed by atoms with Gasteiger partial charge in [0.2, 0.25) is 0 Å². The lowest BCUT2D eigenvalue weighted by Gasteiger charge is -2.44. The van der Waals surface area contributed by atoms with E-state index in [1.165, 1.54) is 44.8 Å². The van der Waals surface area contributed by atoms with Gasteiger partial charge in [-0.1, -0.05) is 36.8 Å². The molecule has 0 spiro atoms. The minimum Gasteiger partial charge on any atom is -0.487 e. The Bertz CT molecular complexity index is 1410. The molecule has 6 rings (SSSR count). The Kier molecular flexibility index (Phi) is 7.10. The van der Waals surface area contributed by atoms with Crippen LogP contribution in [0.1, 0.15) is 57.9 Å². The van der Waals surface area contributed by atoms with Crippen LogP contribution in [0.3, 0.4) is 0 Å². The van der Waals surface area contributed by atoms with Crippen LogP contribution >= 0.6 is 0 Å². The SMILES string of the molecule is CC1(C)CCc2c(cc(OCC(=O)NCC3CCCN4CCCCC34)c3c(-c4ccccc4)cc(=O)oc23)O1. The molecule has 1 N–H and O–H groups in total. The lowest BCUT2D eigenvalue weighted by atomic mass is 9.83. The quantitative estimate of drug-likeness (QED) is 0.435. The van der Waals surface area contributed by atoms with E-state index in [1.807, 2.05) is 50.2 Å². The predicted molar refractivity (Wildman–Crippen MR) is 151 cm³/mol. The van der Waals surface area contributed by atoms with Crippen molar-refractivity contribution in [2.75, 3.05) is 26.2 Å². The van der Waals surface area contributed by atoms with Gasteiger partial charge in [0.25, 0.3) is 5.91 Å². The first-order valence-corrected chi connectivity index (χ1v) is 14.4. The van der Waals surface area contributed by atoms with E-state index < -0.39 is 5.63 Å². The van der Waals surface area contributed by atoms with Crippen molar-refractivity contribution in [2.24, 2.45) is 5.92 Å². The number of ether oxygens (including phenoxy) is 2. The van der Waals surface area contributed by atoms with Gasteiger partial charge in [0, 0.05) is 35.8 Å². The first-order chi connectivity index (χ1) is 18.9. The summed E-state index contributed by atoms with van der Waals surface area (Å²) in [4.78, 5) is 28.3. The summed E-state index contributed by atoms with van der Waals surface area (Å²) >= 11 is 0. The molecule has 2 saturated heterocycles.